The number of benzene rings is 1. The topological polar surface area (TPSA) is 53.7 Å². The van der Waals surface area contributed by atoms with Crippen LogP contribution >= 0.6 is 12.2 Å². The highest BCUT2D eigenvalue weighted by molar-refractivity contribution is 7.71. The first kappa shape index (κ1) is 12.8. The van der Waals surface area contributed by atoms with Gasteiger partial charge in [0, 0.05) is 7.11 Å². The second kappa shape index (κ2) is 5.34. The molecular weight excluding hydrogens is 246 g/mol. The minimum absolute atomic E-state index is 0.185. The minimum atomic E-state index is 0.185. The van der Waals surface area contributed by atoms with Crippen LogP contribution in [-0.2, 0) is 4.74 Å². The highest BCUT2D eigenvalue weighted by Gasteiger charge is 2.14. The Hall–Kier alpha value is -1.64. The lowest BCUT2D eigenvalue weighted by Crippen LogP contribution is -2.13. The molecule has 0 spiro atoms. The van der Waals surface area contributed by atoms with Crippen LogP contribution in [0.15, 0.2) is 18.2 Å². The molecule has 1 atom stereocenters. The molecule has 1 aromatic carbocycles. The number of nitrogens with one attached hydrogen (secondary N) is 1. The Morgan fingerprint density at radius 2 is 2.33 bits per heavy atom. The van der Waals surface area contributed by atoms with Crippen LogP contribution < -0.4 is 0 Å². The smallest absolute Gasteiger partial charge is 0.178 e. The fourth-order valence-corrected chi connectivity index (χ4v) is 2.48. The molecule has 4 nitrogen and oxygen atoms in total. The van der Waals surface area contributed by atoms with Gasteiger partial charge in [-0.05, 0) is 36.8 Å². The molecule has 1 unspecified atom stereocenters. The van der Waals surface area contributed by atoms with E-state index in [-0.39, 0.29) is 6.04 Å². The third-order valence-electron chi connectivity index (χ3n) is 3.04. The van der Waals surface area contributed by atoms with E-state index in [1.165, 1.54) is 0 Å². The summed E-state index contributed by atoms with van der Waals surface area (Å²) in [6, 6.07) is 7.87. The first-order chi connectivity index (χ1) is 8.71. The maximum atomic E-state index is 8.97. The molecule has 0 radical (unpaired) electrons. The first-order valence-corrected chi connectivity index (χ1v) is 6.25. The van der Waals surface area contributed by atoms with Crippen molar-refractivity contribution < 1.29 is 4.74 Å². The second-order valence-corrected chi connectivity index (χ2v) is 4.55. The zero-order valence-corrected chi connectivity index (χ0v) is 11.3. The zero-order chi connectivity index (χ0) is 13.1. The molecule has 0 fully saturated rings. The van der Waals surface area contributed by atoms with E-state index >= 15 is 0 Å². The number of H-pyrrole nitrogens is 1. The molecule has 18 heavy (non-hydrogen) atoms. The normalized spacial score (nSPS) is 12.5. The summed E-state index contributed by atoms with van der Waals surface area (Å²) in [4.78, 5) is 3.16. The van der Waals surface area contributed by atoms with Crippen LogP contribution in [0.5, 0.6) is 0 Å². The van der Waals surface area contributed by atoms with Gasteiger partial charge in [-0.2, -0.15) is 5.26 Å². The molecule has 0 aliphatic heterocycles. The predicted molar refractivity (Wildman–Crippen MR) is 73.0 cm³/mol. The summed E-state index contributed by atoms with van der Waals surface area (Å²) in [7, 11) is 1.68. The number of nitrogens with zero attached hydrogens (tertiary/aromatic N) is 2. The van der Waals surface area contributed by atoms with Crippen LogP contribution in [0.3, 0.4) is 0 Å². The van der Waals surface area contributed by atoms with Gasteiger partial charge < -0.3 is 14.3 Å². The van der Waals surface area contributed by atoms with Gasteiger partial charge in [-0.1, -0.05) is 6.92 Å². The average molecular weight is 261 g/mol. The number of ether oxygens (including phenoxy) is 1. The van der Waals surface area contributed by atoms with Crippen molar-refractivity contribution in [2.45, 2.75) is 19.4 Å². The van der Waals surface area contributed by atoms with Gasteiger partial charge in [0.25, 0.3) is 0 Å². The zero-order valence-electron chi connectivity index (χ0n) is 10.4. The molecule has 0 saturated carbocycles. The maximum Gasteiger partial charge on any atom is 0.178 e. The van der Waals surface area contributed by atoms with Gasteiger partial charge in [-0.3, -0.25) is 0 Å². The summed E-state index contributed by atoms with van der Waals surface area (Å²) in [6.45, 7) is 2.70. The van der Waals surface area contributed by atoms with E-state index in [1.807, 2.05) is 16.7 Å². The van der Waals surface area contributed by atoms with E-state index < -0.39 is 0 Å². The van der Waals surface area contributed by atoms with E-state index in [2.05, 4.69) is 18.0 Å². The number of imidazole rings is 1. The number of methoxy groups -OCH3 is 1. The van der Waals surface area contributed by atoms with Crippen molar-refractivity contribution in [2.75, 3.05) is 13.7 Å². The van der Waals surface area contributed by atoms with E-state index in [0.717, 1.165) is 17.5 Å². The SMILES string of the molecule is CCC(COC)n1c(=S)[nH]c2ccc(C#N)cc21. The Labute approximate surface area is 111 Å². The van der Waals surface area contributed by atoms with Crippen LogP contribution in [0.25, 0.3) is 11.0 Å². The Balaban J connectivity index is 2.64. The van der Waals surface area contributed by atoms with Crippen LogP contribution in [0.1, 0.15) is 24.9 Å². The molecule has 0 aliphatic carbocycles. The van der Waals surface area contributed by atoms with Crippen LogP contribution in [0, 0.1) is 16.1 Å². The lowest BCUT2D eigenvalue weighted by Gasteiger charge is -2.16. The molecule has 1 aromatic heterocycles. The Morgan fingerprint density at radius 1 is 1.56 bits per heavy atom. The molecule has 5 heteroatoms. The van der Waals surface area contributed by atoms with Gasteiger partial charge in [0.15, 0.2) is 4.77 Å². The number of aromatic amines is 1. The number of fused-ring (bicyclic) bond motifs is 1. The van der Waals surface area contributed by atoms with E-state index in [0.29, 0.717) is 16.9 Å². The largest absolute Gasteiger partial charge is 0.383 e. The molecule has 1 heterocycles. The number of rotatable bonds is 4. The summed E-state index contributed by atoms with van der Waals surface area (Å²) in [5, 5.41) is 8.97. The van der Waals surface area contributed by atoms with Crippen molar-refractivity contribution in [3.05, 3.63) is 28.5 Å². The lowest BCUT2D eigenvalue weighted by molar-refractivity contribution is 0.154. The van der Waals surface area contributed by atoms with Crippen LogP contribution in [0.2, 0.25) is 0 Å². The second-order valence-electron chi connectivity index (χ2n) is 4.16. The molecule has 0 aliphatic rings. The molecule has 2 rings (SSSR count). The molecule has 0 bridgehead atoms. The molecule has 94 valence electrons. The van der Waals surface area contributed by atoms with Gasteiger partial charge in [0.05, 0.1) is 35.3 Å². The average Bonchev–Trinajstić information content (AvgIpc) is 2.71. The minimum Gasteiger partial charge on any atom is -0.383 e. The summed E-state index contributed by atoms with van der Waals surface area (Å²) in [5.74, 6) is 0. The fourth-order valence-electron chi connectivity index (χ4n) is 2.12. The molecule has 0 amide bonds. The van der Waals surface area contributed by atoms with Crippen molar-refractivity contribution in [3.8, 4) is 6.07 Å². The van der Waals surface area contributed by atoms with Crippen molar-refractivity contribution >= 4 is 23.3 Å². The van der Waals surface area contributed by atoms with Crippen LogP contribution in [0.4, 0.5) is 0 Å². The Bertz CT molecular complexity index is 650. The van der Waals surface area contributed by atoms with Crippen molar-refractivity contribution in [3.63, 3.8) is 0 Å². The van der Waals surface area contributed by atoms with E-state index in [1.54, 1.807) is 13.2 Å². The number of nitriles is 1. The summed E-state index contributed by atoms with van der Waals surface area (Å²) < 4.78 is 7.94. The third-order valence-corrected chi connectivity index (χ3v) is 3.34. The van der Waals surface area contributed by atoms with Gasteiger partial charge in [0.1, 0.15) is 0 Å². The van der Waals surface area contributed by atoms with Gasteiger partial charge in [-0.15, -0.1) is 0 Å². The third kappa shape index (κ3) is 2.17. The Kier molecular flexibility index (Phi) is 3.80. The molecular formula is C13H15N3OS. The number of hydrogen-bond donors (Lipinski definition) is 1. The standard InChI is InChI=1S/C13H15N3OS/c1-3-10(8-17-2)16-12-6-9(7-14)4-5-11(12)15-13(16)18/h4-6,10H,3,8H2,1-2H3,(H,15,18). The first-order valence-electron chi connectivity index (χ1n) is 5.84. The quantitative estimate of drug-likeness (QED) is 0.860. The molecule has 1 N–H and O–H groups in total. The van der Waals surface area contributed by atoms with Crippen molar-refractivity contribution in [2.24, 2.45) is 0 Å². The number of hydrogen-bond acceptors (Lipinski definition) is 3. The van der Waals surface area contributed by atoms with Crippen LogP contribution in [-0.4, -0.2) is 23.3 Å². The van der Waals surface area contributed by atoms with E-state index in [9.17, 15) is 0 Å². The molecule has 2 aromatic rings. The van der Waals surface area contributed by atoms with Gasteiger partial charge >= 0.3 is 0 Å². The Morgan fingerprint density at radius 3 is 2.94 bits per heavy atom. The van der Waals surface area contributed by atoms with Crippen molar-refractivity contribution in [1.82, 2.24) is 9.55 Å². The van der Waals surface area contributed by atoms with Gasteiger partial charge in [-0.25, -0.2) is 0 Å². The highest BCUT2D eigenvalue weighted by Crippen LogP contribution is 2.22. The summed E-state index contributed by atoms with van der Waals surface area (Å²) >= 11 is 5.36. The maximum absolute atomic E-state index is 8.97. The lowest BCUT2D eigenvalue weighted by atomic mass is 10.2. The summed E-state index contributed by atoms with van der Waals surface area (Å²) in [5.41, 5.74) is 2.55. The van der Waals surface area contributed by atoms with Gasteiger partial charge in [0.2, 0.25) is 0 Å². The summed E-state index contributed by atoms with van der Waals surface area (Å²) in [6.07, 6.45) is 0.923. The monoisotopic (exact) mass is 261 g/mol. The molecule has 0 saturated heterocycles. The van der Waals surface area contributed by atoms with Crippen molar-refractivity contribution in [1.29, 1.82) is 5.26 Å². The van der Waals surface area contributed by atoms with E-state index in [4.69, 9.17) is 22.2 Å². The highest BCUT2D eigenvalue weighted by atomic mass is 32.1. The fraction of sp³-hybridized carbons (Fsp3) is 0.385. The number of aromatic nitrogens is 2. The predicted octanol–water partition coefficient (Wildman–Crippen LogP) is 3.17.